The molecule has 2 aliphatic heterocycles. The van der Waals surface area contributed by atoms with Gasteiger partial charge in [-0.25, -0.2) is 14.4 Å². The van der Waals surface area contributed by atoms with Gasteiger partial charge in [-0.15, -0.1) is 5.01 Å². The largest absolute Gasteiger partial charge is 0.555 e. The van der Waals surface area contributed by atoms with Crippen molar-refractivity contribution in [2.24, 2.45) is 0 Å². The number of urea groups is 1. The number of rotatable bonds is 1. The number of carbonyl (C=O) groups excluding carboxylic acids is 3. The SMILES string of the molecule is O=C1NCCN1[N+]1(C(=O)O)C(=O)CCCC1=O. The average molecular weight is 242 g/mol. The van der Waals surface area contributed by atoms with Crippen LogP contribution in [0.15, 0.2) is 0 Å². The van der Waals surface area contributed by atoms with Crippen molar-refractivity contribution >= 4 is 23.9 Å². The number of amides is 5. The van der Waals surface area contributed by atoms with Crippen molar-refractivity contribution in [3.05, 3.63) is 0 Å². The molecule has 0 radical (unpaired) electrons. The highest BCUT2D eigenvalue weighted by Crippen LogP contribution is 2.27. The quantitative estimate of drug-likeness (QED) is 0.483. The van der Waals surface area contributed by atoms with E-state index < -0.39 is 28.5 Å². The van der Waals surface area contributed by atoms with Crippen molar-refractivity contribution in [1.82, 2.24) is 10.3 Å². The van der Waals surface area contributed by atoms with E-state index in [1.807, 2.05) is 0 Å². The average Bonchev–Trinajstić information content (AvgIpc) is 2.65. The fraction of sp³-hybridized carbons (Fsp3) is 0.556. The first kappa shape index (κ1) is 11.5. The molecule has 0 spiro atoms. The van der Waals surface area contributed by atoms with E-state index in [1.165, 1.54) is 0 Å². The first-order chi connectivity index (χ1) is 8.01. The number of imide groups is 3. The summed E-state index contributed by atoms with van der Waals surface area (Å²) in [5.41, 5.74) is 0. The second-order valence-electron chi connectivity index (χ2n) is 3.91. The molecule has 2 saturated heterocycles. The highest BCUT2D eigenvalue weighted by molar-refractivity contribution is 5.98. The summed E-state index contributed by atoms with van der Waals surface area (Å²) in [6.07, 6.45) is -1.30. The molecule has 2 fully saturated rings. The van der Waals surface area contributed by atoms with Gasteiger partial charge in [0, 0.05) is 11.1 Å². The minimum absolute atomic E-state index is 0.0121. The van der Waals surface area contributed by atoms with Crippen molar-refractivity contribution in [2.45, 2.75) is 19.3 Å². The maximum atomic E-state index is 11.8. The molecule has 0 aromatic heterocycles. The molecular weight excluding hydrogens is 230 g/mol. The Labute approximate surface area is 96.3 Å². The number of nitrogens with zero attached hydrogens (tertiary/aromatic N) is 2. The Kier molecular flexibility index (Phi) is 2.58. The summed E-state index contributed by atoms with van der Waals surface area (Å²) in [6.45, 7) is 0.259. The Balaban J connectivity index is 2.50. The van der Waals surface area contributed by atoms with E-state index in [2.05, 4.69) is 5.32 Å². The van der Waals surface area contributed by atoms with Gasteiger partial charge >= 0.3 is 23.9 Å². The summed E-state index contributed by atoms with van der Waals surface area (Å²) in [6, 6.07) is -0.698. The summed E-state index contributed by atoms with van der Waals surface area (Å²) in [4.78, 5) is 46.5. The lowest BCUT2D eigenvalue weighted by molar-refractivity contribution is -0.820. The fourth-order valence-electron chi connectivity index (χ4n) is 2.19. The normalized spacial score (nSPS) is 23.8. The topological polar surface area (TPSA) is 104 Å². The predicted octanol–water partition coefficient (Wildman–Crippen LogP) is -0.341. The van der Waals surface area contributed by atoms with Gasteiger partial charge < -0.3 is 10.4 Å². The minimum atomic E-state index is -1.61. The van der Waals surface area contributed by atoms with Crippen LogP contribution in [0.3, 0.4) is 0 Å². The molecule has 8 nitrogen and oxygen atoms in total. The summed E-state index contributed by atoms with van der Waals surface area (Å²) in [7, 11) is 0. The molecule has 17 heavy (non-hydrogen) atoms. The van der Waals surface area contributed by atoms with Crippen LogP contribution in [0.1, 0.15) is 19.3 Å². The molecule has 2 aliphatic rings. The number of hydrogen-bond acceptors (Lipinski definition) is 4. The van der Waals surface area contributed by atoms with Crippen molar-refractivity contribution in [3.8, 4) is 0 Å². The van der Waals surface area contributed by atoms with E-state index in [9.17, 15) is 24.3 Å². The molecule has 0 aromatic carbocycles. The van der Waals surface area contributed by atoms with Crippen LogP contribution in [0.25, 0.3) is 0 Å². The van der Waals surface area contributed by atoms with Crippen LogP contribution in [0, 0.1) is 0 Å². The third kappa shape index (κ3) is 1.41. The number of nitrogens with one attached hydrogen (secondary N) is 1. The first-order valence-corrected chi connectivity index (χ1v) is 5.26. The molecule has 2 heterocycles. The number of quaternary nitrogens is 1. The zero-order valence-corrected chi connectivity index (χ0v) is 9.01. The molecule has 0 atom stereocenters. The van der Waals surface area contributed by atoms with Crippen molar-refractivity contribution in [1.29, 1.82) is 0 Å². The van der Waals surface area contributed by atoms with Gasteiger partial charge in [0.1, 0.15) is 0 Å². The number of piperidine rings is 1. The zero-order chi connectivity index (χ0) is 12.6. The molecule has 0 unspecified atom stereocenters. The van der Waals surface area contributed by atoms with Gasteiger partial charge in [0.2, 0.25) is 0 Å². The minimum Gasteiger partial charge on any atom is -0.433 e. The van der Waals surface area contributed by atoms with Crippen molar-refractivity contribution in [2.75, 3.05) is 13.1 Å². The van der Waals surface area contributed by atoms with E-state index in [1.54, 1.807) is 0 Å². The van der Waals surface area contributed by atoms with Crippen LogP contribution in [0.5, 0.6) is 0 Å². The van der Waals surface area contributed by atoms with E-state index >= 15 is 0 Å². The van der Waals surface area contributed by atoms with Gasteiger partial charge in [-0.3, -0.25) is 0 Å². The van der Waals surface area contributed by atoms with E-state index in [0.29, 0.717) is 6.42 Å². The number of carbonyl (C=O) groups is 4. The van der Waals surface area contributed by atoms with Crippen LogP contribution < -0.4 is 5.32 Å². The van der Waals surface area contributed by atoms with Crippen LogP contribution in [0.4, 0.5) is 9.59 Å². The third-order valence-corrected chi connectivity index (χ3v) is 2.98. The van der Waals surface area contributed by atoms with Gasteiger partial charge in [-0.05, 0) is 6.42 Å². The lowest BCUT2D eigenvalue weighted by Gasteiger charge is -2.34. The standard InChI is InChI=1S/C9H11N3O5/c13-6-2-1-3-7(14)12(6,9(16)17)11-5-4-10-8(11)15/h1-5H2,(H-,10,15,16,17)/p+1. The third-order valence-electron chi connectivity index (χ3n) is 2.98. The second kappa shape index (κ2) is 3.81. The highest BCUT2D eigenvalue weighted by Gasteiger charge is 2.62. The zero-order valence-electron chi connectivity index (χ0n) is 9.01. The second-order valence-corrected chi connectivity index (χ2v) is 3.91. The van der Waals surface area contributed by atoms with Crippen LogP contribution in [-0.2, 0) is 9.59 Å². The molecule has 0 aliphatic carbocycles. The van der Waals surface area contributed by atoms with Crippen LogP contribution in [0.2, 0.25) is 0 Å². The van der Waals surface area contributed by atoms with Gasteiger partial charge in [0.25, 0.3) is 0 Å². The van der Waals surface area contributed by atoms with Gasteiger partial charge in [0.15, 0.2) is 0 Å². The molecular formula is C9H12N3O5+. The lowest BCUT2D eigenvalue weighted by Crippen LogP contribution is -2.71. The Morgan fingerprint density at radius 2 is 1.82 bits per heavy atom. The van der Waals surface area contributed by atoms with E-state index in [-0.39, 0.29) is 25.9 Å². The fourth-order valence-corrected chi connectivity index (χ4v) is 2.19. The van der Waals surface area contributed by atoms with E-state index in [0.717, 1.165) is 5.01 Å². The maximum absolute atomic E-state index is 11.8. The first-order valence-electron chi connectivity index (χ1n) is 5.26. The van der Waals surface area contributed by atoms with Crippen molar-refractivity contribution in [3.63, 3.8) is 0 Å². The van der Waals surface area contributed by atoms with Gasteiger partial charge in [-0.2, -0.15) is 4.79 Å². The lowest BCUT2D eigenvalue weighted by atomic mass is 10.1. The molecule has 2 rings (SSSR count). The number of carboxylic acid groups (broad SMARTS) is 1. The van der Waals surface area contributed by atoms with Crippen LogP contribution in [-0.4, -0.2) is 51.7 Å². The molecule has 0 aromatic rings. The maximum Gasteiger partial charge on any atom is 0.555 e. The molecule has 0 saturated carbocycles. The summed E-state index contributed by atoms with van der Waals surface area (Å²) < 4.78 is -1.51. The number of likely N-dealkylation sites (tertiary alicyclic amines) is 1. The molecule has 8 heteroatoms. The Hall–Kier alpha value is -1.96. The monoisotopic (exact) mass is 242 g/mol. The Bertz CT molecular complexity index is 403. The van der Waals surface area contributed by atoms with Crippen molar-refractivity contribution < 1.29 is 28.9 Å². The molecule has 92 valence electrons. The number of hydrogen-bond donors (Lipinski definition) is 2. The summed E-state index contributed by atoms with van der Waals surface area (Å²) >= 11 is 0. The summed E-state index contributed by atoms with van der Waals surface area (Å²) in [5, 5.41) is 12.4. The summed E-state index contributed by atoms with van der Waals surface area (Å²) in [5.74, 6) is -1.52. The Morgan fingerprint density at radius 1 is 1.24 bits per heavy atom. The predicted molar refractivity (Wildman–Crippen MR) is 52.3 cm³/mol. The van der Waals surface area contributed by atoms with Crippen LogP contribution >= 0.6 is 0 Å². The van der Waals surface area contributed by atoms with E-state index in [4.69, 9.17) is 0 Å². The highest BCUT2D eigenvalue weighted by atomic mass is 16.4. The van der Waals surface area contributed by atoms with Gasteiger partial charge in [-0.1, -0.05) is 0 Å². The molecule has 2 N–H and O–H groups in total. The smallest absolute Gasteiger partial charge is 0.433 e. The molecule has 5 amide bonds. The van der Waals surface area contributed by atoms with Gasteiger partial charge in [0.05, 0.1) is 19.4 Å². The molecule has 0 bridgehead atoms. The Morgan fingerprint density at radius 3 is 2.24 bits per heavy atom.